The van der Waals surface area contributed by atoms with Crippen LogP contribution in [0.4, 0.5) is 0 Å². The van der Waals surface area contributed by atoms with E-state index in [-0.39, 0.29) is 11.4 Å². The maximum atomic E-state index is 12.2. The van der Waals surface area contributed by atoms with Crippen LogP contribution < -0.4 is 4.74 Å². The van der Waals surface area contributed by atoms with E-state index in [1.807, 2.05) is 20.8 Å². The molecule has 0 spiro atoms. The molecule has 0 atom stereocenters. The largest absolute Gasteiger partial charge is 0.423 e. The lowest BCUT2D eigenvalue weighted by Crippen LogP contribution is -2.38. The average molecular weight is 293 g/mol. The number of hydrogen-bond donors (Lipinski definition) is 1. The summed E-state index contributed by atoms with van der Waals surface area (Å²) in [4.78, 5) is 23.5. The highest BCUT2D eigenvalue weighted by Gasteiger charge is 2.24. The SMILES string of the molecule is C=C(C)C(=O)Oc1ccc(C(=O)N(S)C(C)(C)C)cc1. The Morgan fingerprint density at radius 2 is 1.70 bits per heavy atom. The van der Waals surface area contributed by atoms with Crippen molar-refractivity contribution in [3.05, 3.63) is 42.0 Å². The van der Waals surface area contributed by atoms with Gasteiger partial charge in [-0.05, 0) is 52.0 Å². The summed E-state index contributed by atoms with van der Waals surface area (Å²) in [5, 5.41) is 0. The fourth-order valence-corrected chi connectivity index (χ4v) is 1.40. The van der Waals surface area contributed by atoms with Crippen LogP contribution in [0, 0.1) is 0 Å². The van der Waals surface area contributed by atoms with Crippen LogP contribution in [0.1, 0.15) is 38.1 Å². The summed E-state index contributed by atoms with van der Waals surface area (Å²) in [5.74, 6) is -0.329. The highest BCUT2D eigenvalue weighted by Crippen LogP contribution is 2.21. The molecule has 0 heterocycles. The molecule has 0 N–H and O–H groups in total. The Kier molecular flexibility index (Phi) is 5.00. The molecule has 1 aromatic carbocycles. The summed E-state index contributed by atoms with van der Waals surface area (Å²) in [7, 11) is 0. The number of benzene rings is 1. The lowest BCUT2D eigenvalue weighted by atomic mass is 10.1. The Hall–Kier alpha value is -1.75. The summed E-state index contributed by atoms with van der Waals surface area (Å²) in [6, 6.07) is 6.33. The number of ether oxygens (including phenoxy) is 1. The van der Waals surface area contributed by atoms with Gasteiger partial charge in [0.15, 0.2) is 0 Å². The molecule has 5 heteroatoms. The zero-order valence-electron chi connectivity index (χ0n) is 12.1. The second-order valence-corrected chi connectivity index (χ2v) is 5.88. The number of amides is 1. The van der Waals surface area contributed by atoms with Gasteiger partial charge in [-0.15, -0.1) is 0 Å². The van der Waals surface area contributed by atoms with Crippen LogP contribution in [0.25, 0.3) is 0 Å². The van der Waals surface area contributed by atoms with E-state index in [2.05, 4.69) is 19.4 Å². The lowest BCUT2D eigenvalue weighted by molar-refractivity contribution is -0.130. The molecule has 0 unspecified atom stereocenters. The van der Waals surface area contributed by atoms with Gasteiger partial charge in [-0.1, -0.05) is 19.4 Å². The number of carbonyl (C=O) groups is 2. The maximum Gasteiger partial charge on any atom is 0.338 e. The van der Waals surface area contributed by atoms with Crippen LogP contribution in [-0.4, -0.2) is 21.7 Å². The van der Waals surface area contributed by atoms with Gasteiger partial charge in [0, 0.05) is 16.7 Å². The highest BCUT2D eigenvalue weighted by atomic mass is 32.1. The summed E-state index contributed by atoms with van der Waals surface area (Å²) < 4.78 is 6.42. The van der Waals surface area contributed by atoms with E-state index in [1.54, 1.807) is 31.2 Å². The lowest BCUT2D eigenvalue weighted by Gasteiger charge is -2.30. The zero-order chi connectivity index (χ0) is 15.5. The minimum Gasteiger partial charge on any atom is -0.423 e. The van der Waals surface area contributed by atoms with Crippen molar-refractivity contribution in [2.45, 2.75) is 33.2 Å². The van der Waals surface area contributed by atoms with Crippen LogP contribution in [0.15, 0.2) is 36.4 Å². The van der Waals surface area contributed by atoms with Gasteiger partial charge in [0.1, 0.15) is 5.75 Å². The minimum absolute atomic E-state index is 0.210. The van der Waals surface area contributed by atoms with Gasteiger partial charge < -0.3 is 4.74 Å². The topological polar surface area (TPSA) is 46.6 Å². The molecule has 0 saturated carbocycles. The molecule has 1 amide bonds. The number of thiol groups is 1. The van der Waals surface area contributed by atoms with Gasteiger partial charge in [0.25, 0.3) is 5.91 Å². The molecule has 4 nitrogen and oxygen atoms in total. The molecule has 0 aromatic heterocycles. The summed E-state index contributed by atoms with van der Waals surface area (Å²) >= 11 is 4.21. The molecule has 1 rings (SSSR count). The Bertz CT molecular complexity index is 529. The van der Waals surface area contributed by atoms with Crippen molar-refractivity contribution in [1.29, 1.82) is 0 Å². The van der Waals surface area contributed by atoms with Crippen LogP contribution in [0.3, 0.4) is 0 Å². The molecule has 0 fully saturated rings. The second kappa shape index (κ2) is 6.13. The van der Waals surface area contributed by atoms with E-state index in [9.17, 15) is 9.59 Å². The zero-order valence-corrected chi connectivity index (χ0v) is 13.0. The number of esters is 1. The fourth-order valence-electron chi connectivity index (χ4n) is 1.29. The molecule has 108 valence electrons. The van der Waals surface area contributed by atoms with Gasteiger partial charge in [0.05, 0.1) is 0 Å². The van der Waals surface area contributed by atoms with E-state index >= 15 is 0 Å². The molecule has 0 aliphatic carbocycles. The number of hydrogen-bond acceptors (Lipinski definition) is 4. The summed E-state index contributed by atoms with van der Waals surface area (Å²) in [6.07, 6.45) is 0. The third kappa shape index (κ3) is 4.13. The molecular weight excluding hydrogens is 274 g/mol. The first-order chi connectivity index (χ1) is 9.12. The molecule has 1 aromatic rings. The van der Waals surface area contributed by atoms with Crippen LogP contribution in [-0.2, 0) is 4.79 Å². The number of carbonyl (C=O) groups excluding carboxylic acids is 2. The van der Waals surface area contributed by atoms with E-state index < -0.39 is 5.97 Å². The standard InChI is InChI=1S/C15H19NO3S/c1-10(2)14(18)19-12-8-6-11(7-9-12)13(17)16(20)15(3,4)5/h6-9,20H,1H2,2-5H3. The fraction of sp³-hybridized carbons (Fsp3) is 0.333. The van der Waals surface area contributed by atoms with Crippen LogP contribution >= 0.6 is 12.8 Å². The van der Waals surface area contributed by atoms with Gasteiger partial charge in [-0.3, -0.25) is 9.10 Å². The highest BCUT2D eigenvalue weighted by molar-refractivity contribution is 7.78. The normalized spacial score (nSPS) is 10.8. The van der Waals surface area contributed by atoms with E-state index in [4.69, 9.17) is 4.74 Å². The average Bonchev–Trinajstić information content (AvgIpc) is 2.36. The molecule has 0 radical (unpaired) electrons. The van der Waals surface area contributed by atoms with Gasteiger partial charge in [-0.25, -0.2) is 4.79 Å². The number of nitrogens with zero attached hydrogens (tertiary/aromatic N) is 1. The van der Waals surface area contributed by atoms with Crippen molar-refractivity contribution >= 4 is 24.7 Å². The predicted molar refractivity (Wildman–Crippen MR) is 81.8 cm³/mol. The van der Waals surface area contributed by atoms with Crippen molar-refractivity contribution in [2.75, 3.05) is 0 Å². The smallest absolute Gasteiger partial charge is 0.338 e. The quantitative estimate of drug-likeness (QED) is 0.403. The molecule has 0 aliphatic heterocycles. The molecule has 20 heavy (non-hydrogen) atoms. The second-order valence-electron chi connectivity index (χ2n) is 5.48. The molecular formula is C15H19NO3S. The number of rotatable bonds is 3. The third-order valence-corrected chi connectivity index (χ3v) is 3.27. The van der Waals surface area contributed by atoms with Crippen molar-refractivity contribution in [3.63, 3.8) is 0 Å². The third-order valence-electron chi connectivity index (χ3n) is 2.49. The Morgan fingerprint density at radius 1 is 1.20 bits per heavy atom. The van der Waals surface area contributed by atoms with Crippen molar-refractivity contribution in [3.8, 4) is 5.75 Å². The maximum absolute atomic E-state index is 12.2. The first-order valence-electron chi connectivity index (χ1n) is 6.14. The van der Waals surface area contributed by atoms with E-state index in [1.165, 1.54) is 4.31 Å². The molecule has 0 saturated heterocycles. The first-order valence-corrected chi connectivity index (χ1v) is 6.54. The van der Waals surface area contributed by atoms with E-state index in [0.717, 1.165) is 0 Å². The van der Waals surface area contributed by atoms with Crippen molar-refractivity contribution in [2.24, 2.45) is 0 Å². The summed E-state index contributed by atoms with van der Waals surface area (Å²) in [6.45, 7) is 10.7. The predicted octanol–water partition coefficient (Wildman–Crippen LogP) is 3.25. The monoisotopic (exact) mass is 293 g/mol. The summed E-state index contributed by atoms with van der Waals surface area (Å²) in [5.41, 5.74) is 0.412. The molecule has 0 aliphatic rings. The Labute approximate surface area is 125 Å². The Balaban J connectivity index is 2.84. The van der Waals surface area contributed by atoms with Gasteiger partial charge >= 0.3 is 5.97 Å². The van der Waals surface area contributed by atoms with Gasteiger partial charge in [0.2, 0.25) is 0 Å². The van der Waals surface area contributed by atoms with Crippen molar-refractivity contribution < 1.29 is 14.3 Å². The van der Waals surface area contributed by atoms with Gasteiger partial charge in [-0.2, -0.15) is 0 Å². The van der Waals surface area contributed by atoms with E-state index in [0.29, 0.717) is 16.9 Å². The van der Waals surface area contributed by atoms with Crippen LogP contribution in [0.2, 0.25) is 0 Å². The van der Waals surface area contributed by atoms with Crippen molar-refractivity contribution in [1.82, 2.24) is 4.31 Å². The Morgan fingerprint density at radius 3 is 2.10 bits per heavy atom. The molecule has 0 bridgehead atoms. The minimum atomic E-state index is -0.491. The van der Waals surface area contributed by atoms with Crippen LogP contribution in [0.5, 0.6) is 5.75 Å². The first kappa shape index (κ1) is 16.3.